The summed E-state index contributed by atoms with van der Waals surface area (Å²) in [5, 5.41) is 0. The van der Waals surface area contributed by atoms with Gasteiger partial charge in [-0.3, -0.25) is 0 Å². The summed E-state index contributed by atoms with van der Waals surface area (Å²) < 4.78 is 23.4. The molecule has 2 aromatic carbocycles. The van der Waals surface area contributed by atoms with Gasteiger partial charge in [-0.1, -0.05) is 18.2 Å². The molecule has 0 radical (unpaired) electrons. The van der Waals surface area contributed by atoms with E-state index in [0.29, 0.717) is 12.4 Å². The van der Waals surface area contributed by atoms with Gasteiger partial charge in [0.25, 0.3) is 0 Å². The summed E-state index contributed by atoms with van der Waals surface area (Å²) in [6.07, 6.45) is 0. The smallest absolute Gasteiger partial charge is 1.00 e. The second kappa shape index (κ2) is 9.17. The molecule has 5 heteroatoms. The molecular formula is C14H12BrFMgO2. The predicted molar refractivity (Wildman–Crippen MR) is 68.3 cm³/mol. The van der Waals surface area contributed by atoms with E-state index in [1.165, 1.54) is 18.2 Å². The van der Waals surface area contributed by atoms with Gasteiger partial charge in [-0.2, -0.15) is 6.07 Å². The zero-order chi connectivity index (χ0) is 12.1. The van der Waals surface area contributed by atoms with Gasteiger partial charge >= 0.3 is 23.1 Å². The summed E-state index contributed by atoms with van der Waals surface area (Å²) in [4.78, 5) is 0. The summed E-state index contributed by atoms with van der Waals surface area (Å²) in [6.45, 7) is 0.358. The summed E-state index contributed by atoms with van der Waals surface area (Å²) in [7, 11) is 1.61. The van der Waals surface area contributed by atoms with Crippen molar-refractivity contribution < 1.29 is 30.8 Å². The van der Waals surface area contributed by atoms with E-state index in [0.717, 1.165) is 11.3 Å². The molecule has 0 aliphatic heterocycles. The van der Waals surface area contributed by atoms with Crippen LogP contribution in [-0.4, -0.2) is 30.2 Å². The molecule has 0 bridgehead atoms. The van der Waals surface area contributed by atoms with Crippen molar-refractivity contribution in [2.45, 2.75) is 6.61 Å². The molecular weight excluding hydrogens is 323 g/mol. The SMILES string of the molecule is COc1cccc(COc2[c-]ccc(F)c2)c1.[Br-].[Mg+2]. The van der Waals surface area contributed by atoms with Gasteiger partial charge in [0.15, 0.2) is 0 Å². The first-order valence-corrected chi connectivity index (χ1v) is 5.21. The van der Waals surface area contributed by atoms with E-state index in [9.17, 15) is 4.39 Å². The molecule has 0 amide bonds. The fraction of sp³-hybridized carbons (Fsp3) is 0.143. The topological polar surface area (TPSA) is 18.5 Å². The maximum absolute atomic E-state index is 12.9. The molecule has 2 aromatic rings. The average molecular weight is 335 g/mol. The van der Waals surface area contributed by atoms with Crippen LogP contribution in [-0.2, 0) is 6.61 Å². The van der Waals surface area contributed by atoms with Crippen LogP contribution in [0.4, 0.5) is 4.39 Å². The van der Waals surface area contributed by atoms with Crippen molar-refractivity contribution in [1.82, 2.24) is 0 Å². The molecule has 0 heterocycles. The second-order valence-corrected chi connectivity index (χ2v) is 3.51. The molecule has 0 atom stereocenters. The van der Waals surface area contributed by atoms with Crippen molar-refractivity contribution in [1.29, 1.82) is 0 Å². The van der Waals surface area contributed by atoms with Gasteiger partial charge in [-0.05, 0) is 17.7 Å². The molecule has 2 rings (SSSR count). The van der Waals surface area contributed by atoms with E-state index >= 15 is 0 Å². The zero-order valence-corrected chi connectivity index (χ0v) is 13.5. The maximum atomic E-state index is 12.9. The Labute approximate surface area is 138 Å². The molecule has 0 spiro atoms. The molecule has 0 saturated heterocycles. The van der Waals surface area contributed by atoms with Gasteiger partial charge < -0.3 is 26.5 Å². The largest absolute Gasteiger partial charge is 2.00 e. The molecule has 2 nitrogen and oxygen atoms in total. The van der Waals surface area contributed by atoms with E-state index in [1.807, 2.05) is 24.3 Å². The fourth-order valence-electron chi connectivity index (χ4n) is 1.43. The molecule has 19 heavy (non-hydrogen) atoms. The molecule has 96 valence electrons. The molecule has 0 fully saturated rings. The Kier molecular flexibility index (Phi) is 8.79. The maximum Gasteiger partial charge on any atom is 2.00 e. The van der Waals surface area contributed by atoms with E-state index in [1.54, 1.807) is 7.11 Å². The van der Waals surface area contributed by atoms with Crippen LogP contribution in [0.1, 0.15) is 5.56 Å². The van der Waals surface area contributed by atoms with Crippen LogP contribution < -0.4 is 26.5 Å². The monoisotopic (exact) mass is 334 g/mol. The van der Waals surface area contributed by atoms with Gasteiger partial charge in [0, 0.05) is 11.6 Å². The molecule has 0 saturated carbocycles. The van der Waals surface area contributed by atoms with Crippen LogP contribution in [0.3, 0.4) is 0 Å². The van der Waals surface area contributed by atoms with Gasteiger partial charge in [-0.25, -0.2) is 4.39 Å². The van der Waals surface area contributed by atoms with Gasteiger partial charge in [0.2, 0.25) is 0 Å². The van der Waals surface area contributed by atoms with Crippen molar-refractivity contribution >= 4 is 23.1 Å². The third kappa shape index (κ3) is 5.80. The number of halogens is 2. The number of rotatable bonds is 4. The third-order valence-corrected chi connectivity index (χ3v) is 2.27. The van der Waals surface area contributed by atoms with Crippen molar-refractivity contribution in [2.24, 2.45) is 0 Å². The molecule has 0 unspecified atom stereocenters. The fourth-order valence-corrected chi connectivity index (χ4v) is 1.43. The average Bonchev–Trinajstić information content (AvgIpc) is 2.37. The number of ether oxygens (including phenoxy) is 2. The van der Waals surface area contributed by atoms with Crippen LogP contribution in [0.2, 0.25) is 0 Å². The number of hydrogen-bond acceptors (Lipinski definition) is 2. The van der Waals surface area contributed by atoms with Crippen LogP contribution in [0, 0.1) is 11.9 Å². The Hall–Kier alpha value is -0.784. The summed E-state index contributed by atoms with van der Waals surface area (Å²) in [5.41, 5.74) is 0.960. The predicted octanol–water partition coefficient (Wildman–Crippen LogP) is -0.163. The van der Waals surface area contributed by atoms with Crippen LogP contribution >= 0.6 is 0 Å². The summed E-state index contributed by atoms with van der Waals surface area (Å²) in [6, 6.07) is 14.5. The van der Waals surface area contributed by atoms with E-state index in [2.05, 4.69) is 6.07 Å². The van der Waals surface area contributed by atoms with Gasteiger partial charge in [-0.15, -0.1) is 12.1 Å². The van der Waals surface area contributed by atoms with E-state index in [-0.39, 0.29) is 45.9 Å². The standard InChI is InChI=1S/C14H12FO2.BrH.Mg/c1-16-13-6-2-4-11(8-13)10-17-14-7-3-5-12(15)9-14;;/h2-6,8-9H,10H2,1H3;1H;/q-1;;+2/p-1. The Morgan fingerprint density at radius 3 is 2.68 bits per heavy atom. The number of methoxy groups -OCH3 is 1. The minimum atomic E-state index is -0.329. The van der Waals surface area contributed by atoms with Crippen molar-refractivity contribution in [2.75, 3.05) is 7.11 Å². The van der Waals surface area contributed by atoms with Crippen molar-refractivity contribution in [3.8, 4) is 11.5 Å². The van der Waals surface area contributed by atoms with Crippen LogP contribution in [0.25, 0.3) is 0 Å². The van der Waals surface area contributed by atoms with Crippen LogP contribution in [0.5, 0.6) is 11.5 Å². The third-order valence-electron chi connectivity index (χ3n) is 2.27. The number of hydrogen-bond donors (Lipinski definition) is 0. The molecule has 0 aromatic heterocycles. The quantitative estimate of drug-likeness (QED) is 0.571. The normalized spacial score (nSPS) is 8.95. The molecule has 0 N–H and O–H groups in total. The Balaban J connectivity index is 0.00000162. The van der Waals surface area contributed by atoms with Crippen molar-refractivity contribution in [3.63, 3.8) is 0 Å². The Bertz CT molecular complexity index is 508. The minimum absolute atomic E-state index is 0. The zero-order valence-electron chi connectivity index (χ0n) is 10.5. The first-order valence-electron chi connectivity index (χ1n) is 5.21. The summed E-state index contributed by atoms with van der Waals surface area (Å²) >= 11 is 0. The van der Waals surface area contributed by atoms with Gasteiger partial charge in [0.05, 0.1) is 7.11 Å². The molecule has 0 aliphatic rings. The van der Waals surface area contributed by atoms with Crippen LogP contribution in [0.15, 0.2) is 42.5 Å². The minimum Gasteiger partial charge on any atom is -1.00 e. The Morgan fingerprint density at radius 2 is 2.00 bits per heavy atom. The van der Waals surface area contributed by atoms with E-state index < -0.39 is 0 Å². The number of benzene rings is 2. The van der Waals surface area contributed by atoms with E-state index in [4.69, 9.17) is 9.47 Å². The second-order valence-electron chi connectivity index (χ2n) is 3.51. The first-order chi connectivity index (χ1) is 8.28. The van der Waals surface area contributed by atoms with Gasteiger partial charge in [0.1, 0.15) is 12.4 Å². The Morgan fingerprint density at radius 1 is 1.21 bits per heavy atom. The summed E-state index contributed by atoms with van der Waals surface area (Å²) in [5.74, 6) is 0.839. The van der Waals surface area contributed by atoms with Crippen molar-refractivity contribution in [3.05, 3.63) is 59.9 Å². The molecule has 0 aliphatic carbocycles. The first kappa shape index (κ1) is 18.2.